The van der Waals surface area contributed by atoms with Crippen LogP contribution in [0.15, 0.2) is 24.3 Å². The summed E-state index contributed by atoms with van der Waals surface area (Å²) < 4.78 is 0. The van der Waals surface area contributed by atoms with Crippen LogP contribution in [0.1, 0.15) is 51.4 Å². The van der Waals surface area contributed by atoms with Gasteiger partial charge in [0.1, 0.15) is 5.54 Å². The average molecular weight is 327 g/mol. The Balaban J connectivity index is 1.33. The quantitative estimate of drug-likeness (QED) is 0.886. The lowest BCUT2D eigenvalue weighted by Gasteiger charge is -2.44. The summed E-state index contributed by atoms with van der Waals surface area (Å²) in [7, 11) is 0. The molecule has 2 heterocycles. The summed E-state index contributed by atoms with van der Waals surface area (Å²) in [5.74, 6) is 1.09. The van der Waals surface area contributed by atoms with Crippen molar-refractivity contribution in [3.05, 3.63) is 24.3 Å². The lowest BCUT2D eigenvalue weighted by molar-refractivity contribution is -0.122. The van der Waals surface area contributed by atoms with E-state index >= 15 is 0 Å². The van der Waals surface area contributed by atoms with E-state index in [1.165, 1.54) is 45.1 Å². The van der Waals surface area contributed by atoms with Crippen LogP contribution in [-0.4, -0.2) is 36.0 Å². The highest BCUT2D eigenvalue weighted by molar-refractivity contribution is 6.06. The Bertz CT molecular complexity index is 586. The van der Waals surface area contributed by atoms with Crippen LogP contribution in [0.3, 0.4) is 0 Å². The molecule has 4 rings (SSSR count). The monoisotopic (exact) mass is 327 g/mol. The van der Waals surface area contributed by atoms with Gasteiger partial charge in [0, 0.05) is 13.1 Å². The predicted octanol–water partition coefficient (Wildman–Crippen LogP) is 3.86. The van der Waals surface area contributed by atoms with Crippen molar-refractivity contribution in [1.82, 2.24) is 4.90 Å². The number of rotatable bonds is 3. The van der Waals surface area contributed by atoms with E-state index in [0.717, 1.165) is 43.2 Å². The van der Waals surface area contributed by atoms with E-state index in [2.05, 4.69) is 21.6 Å². The molecule has 0 atom stereocenters. The van der Waals surface area contributed by atoms with Crippen molar-refractivity contribution < 1.29 is 4.79 Å². The molecule has 1 aromatic rings. The summed E-state index contributed by atoms with van der Waals surface area (Å²) in [5, 5.41) is 6.65. The van der Waals surface area contributed by atoms with E-state index in [1.807, 2.05) is 18.2 Å². The van der Waals surface area contributed by atoms with E-state index in [0.29, 0.717) is 0 Å². The molecule has 0 aromatic heterocycles. The fourth-order valence-corrected chi connectivity index (χ4v) is 4.61. The summed E-state index contributed by atoms with van der Waals surface area (Å²) in [6.07, 6.45) is 10.3. The number of hydrogen-bond acceptors (Lipinski definition) is 3. The van der Waals surface area contributed by atoms with Gasteiger partial charge in [-0.15, -0.1) is 0 Å². The van der Waals surface area contributed by atoms with Crippen LogP contribution in [0.25, 0.3) is 0 Å². The molecule has 1 spiro atoms. The molecule has 2 N–H and O–H groups in total. The van der Waals surface area contributed by atoms with Crippen LogP contribution in [0.5, 0.6) is 0 Å². The van der Waals surface area contributed by atoms with Crippen LogP contribution in [0, 0.1) is 5.92 Å². The molecule has 1 saturated heterocycles. The highest BCUT2D eigenvalue weighted by atomic mass is 16.2. The van der Waals surface area contributed by atoms with Gasteiger partial charge in [-0.05, 0) is 43.9 Å². The maximum atomic E-state index is 12.7. The third-order valence-corrected chi connectivity index (χ3v) is 6.27. The molecule has 1 amide bonds. The maximum Gasteiger partial charge on any atom is 0.250 e. The molecule has 1 aliphatic carbocycles. The number of amides is 1. The SMILES string of the molecule is O=C1Nc2ccccc2NC12CCN(CCC1CCCCC1)CC2. The Morgan fingerprint density at radius 2 is 1.75 bits per heavy atom. The minimum Gasteiger partial charge on any atom is -0.369 e. The summed E-state index contributed by atoms with van der Waals surface area (Å²) in [6, 6.07) is 8.02. The molecule has 1 saturated carbocycles. The van der Waals surface area contributed by atoms with Crippen LogP contribution in [0.4, 0.5) is 11.4 Å². The van der Waals surface area contributed by atoms with Gasteiger partial charge in [0.25, 0.3) is 0 Å². The van der Waals surface area contributed by atoms with Crippen LogP contribution < -0.4 is 10.6 Å². The van der Waals surface area contributed by atoms with Crippen LogP contribution >= 0.6 is 0 Å². The summed E-state index contributed by atoms with van der Waals surface area (Å²) in [4.78, 5) is 15.2. The number of para-hydroxylation sites is 2. The first-order valence-corrected chi connectivity index (χ1v) is 9.66. The Kier molecular flexibility index (Phi) is 4.49. The number of likely N-dealkylation sites (tertiary alicyclic amines) is 1. The van der Waals surface area contributed by atoms with Gasteiger partial charge in [0.2, 0.25) is 5.91 Å². The van der Waals surface area contributed by atoms with Crippen molar-refractivity contribution in [2.45, 2.75) is 56.9 Å². The van der Waals surface area contributed by atoms with Crippen LogP contribution in [-0.2, 0) is 4.79 Å². The van der Waals surface area contributed by atoms with Gasteiger partial charge in [0.05, 0.1) is 11.4 Å². The van der Waals surface area contributed by atoms with E-state index in [9.17, 15) is 4.79 Å². The van der Waals surface area contributed by atoms with Gasteiger partial charge < -0.3 is 15.5 Å². The second-order valence-electron chi connectivity index (χ2n) is 7.84. The Labute approximate surface area is 145 Å². The summed E-state index contributed by atoms with van der Waals surface area (Å²) in [6.45, 7) is 3.25. The first-order valence-electron chi connectivity index (χ1n) is 9.66. The number of carbonyl (C=O) groups excluding carboxylic acids is 1. The topological polar surface area (TPSA) is 44.4 Å². The molecule has 4 nitrogen and oxygen atoms in total. The fraction of sp³-hybridized carbons (Fsp3) is 0.650. The third kappa shape index (κ3) is 3.16. The molecule has 1 aromatic carbocycles. The molecule has 0 radical (unpaired) electrons. The molecule has 2 aliphatic heterocycles. The van der Waals surface area contributed by atoms with Gasteiger partial charge in [-0.3, -0.25) is 4.79 Å². The summed E-state index contributed by atoms with van der Waals surface area (Å²) >= 11 is 0. The maximum absolute atomic E-state index is 12.7. The average Bonchev–Trinajstić information content (AvgIpc) is 2.63. The fourth-order valence-electron chi connectivity index (χ4n) is 4.61. The van der Waals surface area contributed by atoms with Crippen molar-refractivity contribution in [3.8, 4) is 0 Å². The molecule has 0 unspecified atom stereocenters. The number of anilines is 2. The van der Waals surface area contributed by atoms with E-state index < -0.39 is 5.54 Å². The number of piperidine rings is 1. The molecule has 130 valence electrons. The number of fused-ring (bicyclic) bond motifs is 1. The zero-order valence-corrected chi connectivity index (χ0v) is 14.5. The lowest BCUT2D eigenvalue weighted by Crippen LogP contribution is -2.58. The zero-order chi connectivity index (χ0) is 16.4. The standard InChI is InChI=1S/C20H29N3O/c24-19-20(22-18-9-5-4-8-17(18)21-19)11-14-23(15-12-20)13-10-16-6-2-1-3-7-16/h4-5,8-9,16,22H,1-3,6-7,10-15H2,(H,21,24). The molecular weight excluding hydrogens is 298 g/mol. The molecule has 24 heavy (non-hydrogen) atoms. The van der Waals surface area contributed by atoms with Gasteiger partial charge in [-0.1, -0.05) is 44.2 Å². The molecule has 2 fully saturated rings. The van der Waals surface area contributed by atoms with Crippen molar-refractivity contribution >= 4 is 17.3 Å². The minimum absolute atomic E-state index is 0.146. The minimum atomic E-state index is -0.407. The van der Waals surface area contributed by atoms with Crippen LogP contribution in [0.2, 0.25) is 0 Å². The van der Waals surface area contributed by atoms with Crippen molar-refractivity contribution in [1.29, 1.82) is 0 Å². The van der Waals surface area contributed by atoms with Gasteiger partial charge in [-0.2, -0.15) is 0 Å². The van der Waals surface area contributed by atoms with Crippen molar-refractivity contribution in [2.75, 3.05) is 30.3 Å². The number of carbonyl (C=O) groups is 1. The second-order valence-corrected chi connectivity index (χ2v) is 7.84. The Hall–Kier alpha value is -1.55. The number of hydrogen-bond donors (Lipinski definition) is 2. The highest BCUT2D eigenvalue weighted by Crippen LogP contribution is 2.36. The molecule has 3 aliphatic rings. The van der Waals surface area contributed by atoms with Gasteiger partial charge in [0.15, 0.2) is 0 Å². The van der Waals surface area contributed by atoms with E-state index in [4.69, 9.17) is 0 Å². The largest absolute Gasteiger partial charge is 0.369 e. The van der Waals surface area contributed by atoms with E-state index in [1.54, 1.807) is 0 Å². The highest BCUT2D eigenvalue weighted by Gasteiger charge is 2.44. The van der Waals surface area contributed by atoms with Crippen molar-refractivity contribution in [3.63, 3.8) is 0 Å². The summed E-state index contributed by atoms with van der Waals surface area (Å²) in [5.41, 5.74) is 1.57. The molecule has 4 heteroatoms. The van der Waals surface area contributed by atoms with E-state index in [-0.39, 0.29) is 5.91 Å². The van der Waals surface area contributed by atoms with Gasteiger partial charge in [-0.25, -0.2) is 0 Å². The second kappa shape index (κ2) is 6.75. The predicted molar refractivity (Wildman–Crippen MR) is 98.3 cm³/mol. The van der Waals surface area contributed by atoms with Crippen molar-refractivity contribution in [2.24, 2.45) is 5.92 Å². The number of nitrogens with zero attached hydrogens (tertiary/aromatic N) is 1. The number of nitrogens with one attached hydrogen (secondary N) is 2. The normalized spacial score (nSPS) is 24.2. The number of benzene rings is 1. The molecular formula is C20H29N3O. The molecule has 0 bridgehead atoms. The Morgan fingerprint density at radius 1 is 1.04 bits per heavy atom. The Morgan fingerprint density at radius 3 is 2.50 bits per heavy atom. The lowest BCUT2D eigenvalue weighted by atomic mass is 9.83. The van der Waals surface area contributed by atoms with Gasteiger partial charge >= 0.3 is 0 Å². The zero-order valence-electron chi connectivity index (χ0n) is 14.5. The first kappa shape index (κ1) is 15.9. The first-order chi connectivity index (χ1) is 11.8. The smallest absolute Gasteiger partial charge is 0.250 e. The third-order valence-electron chi connectivity index (χ3n) is 6.27.